The van der Waals surface area contributed by atoms with Crippen LogP contribution in [0.4, 0.5) is 0 Å². The fourth-order valence-corrected chi connectivity index (χ4v) is 10.1. The summed E-state index contributed by atoms with van der Waals surface area (Å²) in [5, 5.41) is 0. The van der Waals surface area contributed by atoms with E-state index in [2.05, 4.69) is 180 Å². The van der Waals surface area contributed by atoms with Crippen LogP contribution in [0.5, 0.6) is 0 Å². The topological polar surface area (TPSA) is 78.1 Å². The highest BCUT2D eigenvalue weighted by atomic mass is 16.5. The first-order chi connectivity index (χ1) is 38.9. The average Bonchev–Trinajstić information content (AvgIpc) is 3.41. The van der Waals surface area contributed by atoms with Gasteiger partial charge in [-0.1, -0.05) is 48.0 Å². The van der Waals surface area contributed by atoms with Crippen molar-refractivity contribution < 1.29 is 28.4 Å². The van der Waals surface area contributed by atoms with Crippen LogP contribution < -0.4 is 0 Å². The number of piperazine rings is 2. The van der Waals surface area contributed by atoms with Gasteiger partial charge in [-0.05, 0) is 225 Å². The molecule has 0 N–H and O–H groups in total. The number of nitrogens with zero attached hydrogens (tertiary/aromatic N) is 7. The van der Waals surface area contributed by atoms with Crippen LogP contribution in [0.15, 0.2) is 0 Å². The lowest BCUT2D eigenvalue weighted by atomic mass is 10.0. The number of likely N-dealkylation sites (tertiary alicyclic amines) is 3. The van der Waals surface area contributed by atoms with E-state index in [1.807, 2.05) is 0 Å². The van der Waals surface area contributed by atoms with Gasteiger partial charge >= 0.3 is 0 Å². The molecular formula is C69H149N7O6. The minimum absolute atomic E-state index is 0.373. The van der Waals surface area contributed by atoms with Gasteiger partial charge in [-0.25, -0.2) is 0 Å². The van der Waals surface area contributed by atoms with Crippen molar-refractivity contribution in [1.29, 1.82) is 0 Å². The van der Waals surface area contributed by atoms with Gasteiger partial charge in [0.05, 0.1) is 36.6 Å². The lowest BCUT2D eigenvalue weighted by molar-refractivity contribution is 0.0604. The highest BCUT2D eigenvalue weighted by molar-refractivity contribution is 4.75. The summed E-state index contributed by atoms with van der Waals surface area (Å²) in [6.45, 7) is 72.1. The second kappa shape index (κ2) is 57.0. The molecule has 0 radical (unpaired) electrons. The Morgan fingerprint density at radius 3 is 0.866 bits per heavy atom. The van der Waals surface area contributed by atoms with E-state index in [0.29, 0.717) is 42.7 Å². The van der Waals surface area contributed by atoms with Crippen molar-refractivity contribution in [2.75, 3.05) is 171 Å². The molecule has 5 rings (SSSR count). The van der Waals surface area contributed by atoms with Crippen molar-refractivity contribution >= 4 is 0 Å². The summed E-state index contributed by atoms with van der Waals surface area (Å²) < 4.78 is 32.8. The second-order valence-corrected chi connectivity index (χ2v) is 27.1. The van der Waals surface area contributed by atoms with E-state index in [1.54, 1.807) is 0 Å². The minimum Gasteiger partial charge on any atom is -0.379 e. The Hall–Kier alpha value is -0.520. The standard InChI is InChI=1S/C13H28N2O.2C12H25NO.C11H24N2O.C11H23NO.C6H14O.C4H10/c1-12(2)15-9-7-14(8-10-15)6-5-11-16-13(3)4;2*1-11(2)14-9-5-8-13-7-4-6-12(3)10-13;1-11(2)14-10-4-5-13-8-6-12(3)7-9-13;1-11(2)13-10-6-9-12-7-4-3-5-8-12;1-4-5-7-6(2)3;1-4(2)3/h12-13H,5-11H2,1-4H3;2*11-12H,4-10H2,1-3H3;11H,4-10H2,1-3H3;11H,3-10H2,1-2H3;6H,4-5H2,1-3H3;4H,1-3H3/t;12-;;;;;/m.0...../s1. The van der Waals surface area contributed by atoms with Gasteiger partial charge in [-0.2, -0.15) is 0 Å². The molecule has 0 bridgehead atoms. The predicted octanol–water partition coefficient (Wildman–Crippen LogP) is 13.7. The van der Waals surface area contributed by atoms with Gasteiger partial charge in [-0.3, -0.25) is 4.90 Å². The fourth-order valence-electron chi connectivity index (χ4n) is 10.1. The second-order valence-electron chi connectivity index (χ2n) is 27.1. The van der Waals surface area contributed by atoms with Crippen molar-refractivity contribution in [1.82, 2.24) is 34.3 Å². The van der Waals surface area contributed by atoms with E-state index in [4.69, 9.17) is 28.4 Å². The molecule has 496 valence electrons. The smallest absolute Gasteiger partial charge is 0.0518 e. The Morgan fingerprint density at radius 1 is 0.329 bits per heavy atom. The van der Waals surface area contributed by atoms with E-state index in [1.165, 1.54) is 201 Å². The molecular weight excluding hydrogens is 1020 g/mol. The van der Waals surface area contributed by atoms with Gasteiger partial charge in [0.1, 0.15) is 0 Å². The van der Waals surface area contributed by atoms with Gasteiger partial charge in [-0.15, -0.1) is 0 Å². The lowest BCUT2D eigenvalue weighted by Gasteiger charge is -2.36. The number of ether oxygens (including phenoxy) is 6. The van der Waals surface area contributed by atoms with Crippen molar-refractivity contribution in [3.63, 3.8) is 0 Å². The van der Waals surface area contributed by atoms with Crippen LogP contribution >= 0.6 is 0 Å². The van der Waals surface area contributed by atoms with Crippen LogP contribution in [-0.2, 0) is 28.4 Å². The zero-order chi connectivity index (χ0) is 61.9. The third kappa shape index (κ3) is 59.8. The molecule has 0 spiro atoms. The Labute approximate surface area is 514 Å². The largest absolute Gasteiger partial charge is 0.379 e. The predicted molar refractivity (Wildman–Crippen MR) is 357 cm³/mol. The molecule has 13 nitrogen and oxygen atoms in total. The molecule has 5 aliphatic heterocycles. The monoisotopic (exact) mass is 1170 g/mol. The van der Waals surface area contributed by atoms with Crippen LogP contribution in [0, 0.1) is 17.8 Å². The molecule has 13 heteroatoms. The number of likely N-dealkylation sites (N-methyl/N-ethyl adjacent to an activating group) is 1. The highest BCUT2D eigenvalue weighted by Crippen LogP contribution is 2.17. The third-order valence-electron chi connectivity index (χ3n) is 14.7. The molecule has 0 aromatic rings. The van der Waals surface area contributed by atoms with Crippen molar-refractivity contribution in [3.8, 4) is 0 Å². The molecule has 82 heavy (non-hydrogen) atoms. The summed E-state index contributed by atoms with van der Waals surface area (Å²) in [7, 11) is 2.19. The quantitative estimate of drug-likeness (QED) is 0.0668. The Kier molecular flexibility index (Phi) is 58.0. The van der Waals surface area contributed by atoms with Gasteiger partial charge < -0.3 is 57.8 Å². The molecule has 0 aromatic heterocycles. The van der Waals surface area contributed by atoms with Crippen LogP contribution in [0.1, 0.15) is 222 Å². The van der Waals surface area contributed by atoms with E-state index < -0.39 is 0 Å². The van der Waals surface area contributed by atoms with Crippen molar-refractivity contribution in [2.45, 2.75) is 265 Å². The van der Waals surface area contributed by atoms with E-state index in [-0.39, 0.29) is 0 Å². The maximum absolute atomic E-state index is 5.56. The molecule has 5 saturated heterocycles. The Morgan fingerprint density at radius 2 is 0.598 bits per heavy atom. The summed E-state index contributed by atoms with van der Waals surface area (Å²) in [5.41, 5.74) is 0. The number of rotatable bonds is 29. The molecule has 5 fully saturated rings. The van der Waals surface area contributed by atoms with Crippen molar-refractivity contribution in [3.05, 3.63) is 0 Å². The maximum Gasteiger partial charge on any atom is 0.0518 e. The normalized spacial score (nSPS) is 20.2. The van der Waals surface area contributed by atoms with Gasteiger partial charge in [0.25, 0.3) is 0 Å². The van der Waals surface area contributed by atoms with Crippen LogP contribution in [0.2, 0.25) is 0 Å². The summed E-state index contributed by atoms with van der Waals surface area (Å²) in [5.74, 6) is 2.63. The molecule has 0 amide bonds. The van der Waals surface area contributed by atoms with Gasteiger partial charge in [0.15, 0.2) is 0 Å². The summed E-state index contributed by atoms with van der Waals surface area (Å²) in [6.07, 6.45) is 19.1. The highest BCUT2D eigenvalue weighted by Gasteiger charge is 2.19. The van der Waals surface area contributed by atoms with Crippen LogP contribution in [-0.4, -0.2) is 248 Å². The van der Waals surface area contributed by atoms with Gasteiger partial charge in [0.2, 0.25) is 0 Å². The van der Waals surface area contributed by atoms with Crippen LogP contribution in [0.25, 0.3) is 0 Å². The number of hydrogen-bond donors (Lipinski definition) is 0. The molecule has 5 aliphatic rings. The van der Waals surface area contributed by atoms with Crippen LogP contribution in [0.3, 0.4) is 0 Å². The molecule has 5 heterocycles. The van der Waals surface area contributed by atoms with E-state index >= 15 is 0 Å². The van der Waals surface area contributed by atoms with Gasteiger partial charge in [0, 0.05) is 144 Å². The number of piperidine rings is 3. The first-order valence-electron chi connectivity index (χ1n) is 34.7. The molecule has 2 atom stereocenters. The zero-order valence-corrected chi connectivity index (χ0v) is 59.2. The Balaban J connectivity index is 0. The molecule has 0 aromatic carbocycles. The average molecular weight is 1170 g/mol. The first kappa shape index (κ1) is 83.5. The van der Waals surface area contributed by atoms with E-state index in [0.717, 1.165) is 63.8 Å². The maximum atomic E-state index is 5.56. The zero-order valence-electron chi connectivity index (χ0n) is 59.2. The van der Waals surface area contributed by atoms with E-state index in [9.17, 15) is 0 Å². The summed E-state index contributed by atoms with van der Waals surface area (Å²) in [4.78, 5) is 17.8. The molecule has 0 saturated carbocycles. The minimum atomic E-state index is 0.373. The van der Waals surface area contributed by atoms with Crippen molar-refractivity contribution in [2.24, 2.45) is 17.8 Å². The Bertz CT molecular complexity index is 1240. The third-order valence-corrected chi connectivity index (χ3v) is 14.7. The SMILES string of the molecule is CC(C)C.CC(C)OCCCN1CCCCC1.CC(C)OCCCN1CCC[C@H](C)C1.CC(C)OCCCN1CCN(C(C)C)CC1.CC(C)OCCCN1CCN(C)CC1.CC1CCCN(CCCOC(C)C)C1.CCCOC(C)C. The summed E-state index contributed by atoms with van der Waals surface area (Å²) in [6, 6.07) is 0.700. The lowest BCUT2D eigenvalue weighted by Crippen LogP contribution is -2.49. The fraction of sp³-hybridized carbons (Fsp3) is 1.00. The number of hydrogen-bond acceptors (Lipinski definition) is 13. The molecule has 0 aliphatic carbocycles. The summed E-state index contributed by atoms with van der Waals surface area (Å²) >= 11 is 0. The molecule has 1 unspecified atom stereocenters. The first-order valence-corrected chi connectivity index (χ1v) is 34.7.